The second-order valence-electron chi connectivity index (χ2n) is 8.52. The van der Waals surface area contributed by atoms with Crippen LogP contribution in [-0.4, -0.2) is 49.4 Å². The van der Waals surface area contributed by atoms with Crippen molar-refractivity contribution in [2.75, 3.05) is 11.9 Å². The summed E-state index contributed by atoms with van der Waals surface area (Å²) in [5.74, 6) is 0.922. The summed E-state index contributed by atoms with van der Waals surface area (Å²) in [5, 5.41) is 3.23. The van der Waals surface area contributed by atoms with Gasteiger partial charge in [-0.15, -0.1) is 0 Å². The molecule has 170 valence electrons. The Balaban J connectivity index is 1.37. The van der Waals surface area contributed by atoms with Gasteiger partial charge < -0.3 is 10.2 Å². The van der Waals surface area contributed by atoms with Crippen molar-refractivity contribution in [1.29, 1.82) is 0 Å². The fraction of sp³-hybridized carbons (Fsp3) is 0.348. The number of halogens is 3. The van der Waals surface area contributed by atoms with Crippen molar-refractivity contribution in [2.24, 2.45) is 5.92 Å². The Morgan fingerprint density at radius 3 is 2.55 bits per heavy atom. The quantitative estimate of drug-likeness (QED) is 0.642. The van der Waals surface area contributed by atoms with E-state index in [-0.39, 0.29) is 18.0 Å². The lowest BCUT2D eigenvalue weighted by Crippen LogP contribution is -2.48. The number of aryl methyl sites for hydroxylation is 1. The molecule has 0 aromatic carbocycles. The maximum absolute atomic E-state index is 13.6. The molecule has 7 nitrogen and oxygen atoms in total. The van der Waals surface area contributed by atoms with Crippen LogP contribution in [0.15, 0.2) is 49.1 Å². The highest BCUT2D eigenvalue weighted by molar-refractivity contribution is 5.99. The Kier molecular flexibility index (Phi) is 5.22. The lowest BCUT2D eigenvalue weighted by atomic mass is 10.0. The minimum absolute atomic E-state index is 0.0864. The van der Waals surface area contributed by atoms with Crippen molar-refractivity contribution < 1.29 is 18.0 Å². The normalized spacial score (nSPS) is 21.9. The van der Waals surface area contributed by atoms with Gasteiger partial charge in [0.15, 0.2) is 5.82 Å². The van der Waals surface area contributed by atoms with Crippen LogP contribution >= 0.6 is 0 Å². The van der Waals surface area contributed by atoms with Crippen LogP contribution in [0.1, 0.15) is 34.3 Å². The monoisotopic (exact) mass is 454 g/mol. The van der Waals surface area contributed by atoms with Crippen molar-refractivity contribution >= 4 is 11.7 Å². The predicted molar refractivity (Wildman–Crippen MR) is 114 cm³/mol. The number of carbonyl (C=O) groups is 1. The number of carbonyl (C=O) groups excluding carboxylic acids is 1. The predicted octanol–water partition coefficient (Wildman–Crippen LogP) is 3.98. The molecule has 2 bridgehead atoms. The number of rotatable bonds is 4. The summed E-state index contributed by atoms with van der Waals surface area (Å²) in [4.78, 5) is 32.3. The molecule has 0 spiro atoms. The van der Waals surface area contributed by atoms with Crippen LogP contribution in [-0.2, 0) is 6.18 Å². The SMILES string of the molecule is Cc1cnc(-c2ncccn2)c(C(=O)N2C[C@H]3C[C@@H](Nc4ccc(C(F)(F)F)cn4)[C@@H]2C3)c1. The summed E-state index contributed by atoms with van der Waals surface area (Å²) in [7, 11) is 0. The number of piperidine rings is 1. The highest BCUT2D eigenvalue weighted by Gasteiger charge is 2.47. The maximum atomic E-state index is 13.6. The summed E-state index contributed by atoms with van der Waals surface area (Å²) in [6, 6.07) is 5.66. The first-order valence-electron chi connectivity index (χ1n) is 10.6. The van der Waals surface area contributed by atoms with Gasteiger partial charge in [-0.25, -0.2) is 15.0 Å². The van der Waals surface area contributed by atoms with Crippen LogP contribution < -0.4 is 5.32 Å². The highest BCUT2D eigenvalue weighted by atomic mass is 19.4. The molecule has 1 saturated carbocycles. The molecule has 1 N–H and O–H groups in total. The van der Waals surface area contributed by atoms with E-state index in [1.165, 1.54) is 6.07 Å². The van der Waals surface area contributed by atoms with Crippen molar-refractivity contribution in [3.63, 3.8) is 0 Å². The minimum Gasteiger partial charge on any atom is -0.365 e. The summed E-state index contributed by atoms with van der Waals surface area (Å²) < 4.78 is 38.4. The van der Waals surface area contributed by atoms with Crippen molar-refractivity contribution in [1.82, 2.24) is 24.8 Å². The van der Waals surface area contributed by atoms with Crippen LogP contribution in [0.3, 0.4) is 0 Å². The topological polar surface area (TPSA) is 83.9 Å². The third-order valence-corrected chi connectivity index (χ3v) is 6.20. The number of hydrogen-bond donors (Lipinski definition) is 1. The van der Waals surface area contributed by atoms with Crippen LogP contribution in [0.5, 0.6) is 0 Å². The van der Waals surface area contributed by atoms with Crippen LogP contribution in [0, 0.1) is 12.8 Å². The standard InChI is InChI=1S/C23H21F3N6O/c1-13-7-16(20(30-10-13)21-27-5-2-6-28-21)22(33)32-12-14-8-17(18(32)9-14)31-19-4-3-15(11-29-19)23(24,25)26/h2-7,10-11,14,17-18H,8-9,12H2,1H3,(H,29,31)/t14-,17+,18-/m0/s1. The van der Waals surface area contributed by atoms with Gasteiger partial charge in [0, 0.05) is 37.4 Å². The molecule has 5 rings (SSSR count). The number of pyridine rings is 2. The first kappa shape index (κ1) is 21.3. The molecule has 1 amide bonds. The summed E-state index contributed by atoms with van der Waals surface area (Å²) in [6.45, 7) is 2.50. The van der Waals surface area contributed by atoms with Crippen LogP contribution in [0.2, 0.25) is 0 Å². The molecule has 2 fully saturated rings. The first-order chi connectivity index (χ1) is 15.8. The second kappa shape index (κ2) is 8.09. The summed E-state index contributed by atoms with van der Waals surface area (Å²) in [6.07, 6.45) is 2.95. The highest BCUT2D eigenvalue weighted by Crippen LogP contribution is 2.40. The van der Waals surface area contributed by atoms with Gasteiger partial charge in [-0.05, 0) is 55.5 Å². The molecular formula is C23H21F3N6O. The molecule has 1 saturated heterocycles. The second-order valence-corrected chi connectivity index (χ2v) is 8.52. The third kappa shape index (κ3) is 4.12. The van der Waals surface area contributed by atoms with E-state index in [2.05, 4.69) is 25.3 Å². The molecule has 3 aromatic heterocycles. The molecule has 10 heteroatoms. The average molecular weight is 454 g/mol. The number of likely N-dealkylation sites (tertiary alicyclic amines) is 1. The average Bonchev–Trinajstić information content (AvgIpc) is 3.39. The number of hydrogen-bond acceptors (Lipinski definition) is 6. The number of anilines is 1. The van der Waals surface area contributed by atoms with E-state index >= 15 is 0 Å². The van der Waals surface area contributed by atoms with Gasteiger partial charge in [0.2, 0.25) is 0 Å². The maximum Gasteiger partial charge on any atom is 0.417 e. The van der Waals surface area contributed by atoms with Crippen molar-refractivity contribution in [3.05, 3.63) is 65.7 Å². The van der Waals surface area contributed by atoms with Gasteiger partial charge in [-0.3, -0.25) is 9.78 Å². The van der Waals surface area contributed by atoms with Crippen LogP contribution in [0.4, 0.5) is 19.0 Å². The first-order valence-corrected chi connectivity index (χ1v) is 10.6. The van der Waals surface area contributed by atoms with Crippen molar-refractivity contribution in [2.45, 2.75) is 38.0 Å². The fourth-order valence-corrected chi connectivity index (χ4v) is 4.74. The van der Waals surface area contributed by atoms with E-state index in [4.69, 9.17) is 0 Å². The largest absolute Gasteiger partial charge is 0.417 e. The number of amides is 1. The van der Waals surface area contributed by atoms with E-state index in [1.807, 2.05) is 11.8 Å². The molecule has 2 aliphatic rings. The lowest BCUT2D eigenvalue weighted by molar-refractivity contribution is -0.137. The smallest absolute Gasteiger partial charge is 0.365 e. The number of nitrogens with one attached hydrogen (secondary N) is 1. The number of nitrogens with zero attached hydrogens (tertiary/aromatic N) is 5. The minimum atomic E-state index is -4.43. The molecule has 0 radical (unpaired) electrons. The molecular weight excluding hydrogens is 433 g/mol. The third-order valence-electron chi connectivity index (χ3n) is 6.20. The molecule has 1 aliphatic heterocycles. The lowest BCUT2D eigenvalue weighted by Gasteiger charge is -2.34. The van der Waals surface area contributed by atoms with Gasteiger partial charge >= 0.3 is 6.18 Å². The Morgan fingerprint density at radius 2 is 1.88 bits per heavy atom. The molecule has 1 aliphatic carbocycles. The molecule has 0 unspecified atom stereocenters. The van der Waals surface area contributed by atoms with E-state index in [1.54, 1.807) is 30.7 Å². The van der Waals surface area contributed by atoms with Gasteiger partial charge in [0.25, 0.3) is 5.91 Å². The Bertz CT molecular complexity index is 1170. The van der Waals surface area contributed by atoms with Gasteiger partial charge in [0.05, 0.1) is 17.2 Å². The van der Waals surface area contributed by atoms with E-state index in [0.717, 1.165) is 30.7 Å². The molecule has 4 heterocycles. The zero-order chi connectivity index (χ0) is 23.2. The van der Waals surface area contributed by atoms with E-state index in [9.17, 15) is 18.0 Å². The zero-order valence-electron chi connectivity index (χ0n) is 17.8. The summed E-state index contributed by atoms with van der Waals surface area (Å²) >= 11 is 0. The number of fused-ring (bicyclic) bond motifs is 2. The van der Waals surface area contributed by atoms with E-state index < -0.39 is 11.7 Å². The van der Waals surface area contributed by atoms with E-state index in [0.29, 0.717) is 35.4 Å². The van der Waals surface area contributed by atoms with Crippen molar-refractivity contribution in [3.8, 4) is 11.5 Å². The zero-order valence-corrected chi connectivity index (χ0v) is 17.8. The van der Waals surface area contributed by atoms with Gasteiger partial charge in [-0.2, -0.15) is 13.2 Å². The Hall–Kier alpha value is -3.56. The fourth-order valence-electron chi connectivity index (χ4n) is 4.74. The number of alkyl halides is 3. The summed E-state index contributed by atoms with van der Waals surface area (Å²) in [5.41, 5.74) is 0.939. The van der Waals surface area contributed by atoms with Gasteiger partial charge in [0.1, 0.15) is 11.5 Å². The Labute approximate surface area is 188 Å². The van der Waals surface area contributed by atoms with Gasteiger partial charge in [-0.1, -0.05) is 0 Å². The van der Waals surface area contributed by atoms with Crippen LogP contribution in [0.25, 0.3) is 11.5 Å². The Morgan fingerprint density at radius 1 is 1.09 bits per heavy atom. The number of aromatic nitrogens is 4. The molecule has 3 aromatic rings. The molecule has 33 heavy (non-hydrogen) atoms. The molecule has 3 atom stereocenters.